The molecule has 2 aliphatic rings. The first-order valence-corrected chi connectivity index (χ1v) is 16.7. The van der Waals surface area contributed by atoms with E-state index < -0.39 is 47.0 Å². The summed E-state index contributed by atoms with van der Waals surface area (Å²) in [5.74, 6) is 0.0806. The van der Waals surface area contributed by atoms with Gasteiger partial charge in [0, 0.05) is 18.8 Å². The molecule has 1 atom stereocenters. The third-order valence-corrected chi connectivity index (χ3v) is 14.2. The molecule has 2 aromatic rings. The minimum absolute atomic E-state index is 0.0845. The average molecular weight is 623 g/mol. The van der Waals surface area contributed by atoms with Crippen LogP contribution < -0.4 is 0 Å². The Morgan fingerprint density at radius 2 is 1.47 bits per heavy atom. The molecule has 0 bridgehead atoms. The van der Waals surface area contributed by atoms with Crippen LogP contribution in [0.5, 0.6) is 0 Å². The molecule has 0 N–H and O–H groups in total. The SMILES string of the molecule is C#CCC(C/C=C1\CCC2=CCC(S(=O)(=O)c3ccccc3)(S(=O)(=O)c3ccccc3)CC2C1=C)(C(=O)OC)C(=O)OC. The van der Waals surface area contributed by atoms with Gasteiger partial charge in [0.15, 0.2) is 29.2 Å². The summed E-state index contributed by atoms with van der Waals surface area (Å²) >= 11 is 0. The summed E-state index contributed by atoms with van der Waals surface area (Å²) in [5, 5.41) is 0. The van der Waals surface area contributed by atoms with Crippen molar-refractivity contribution in [3.05, 3.63) is 96.1 Å². The number of hydrogen-bond donors (Lipinski definition) is 0. The number of carbonyl (C=O) groups is 2. The van der Waals surface area contributed by atoms with Gasteiger partial charge >= 0.3 is 11.9 Å². The smallest absolute Gasteiger partial charge is 0.324 e. The zero-order valence-corrected chi connectivity index (χ0v) is 25.7. The topological polar surface area (TPSA) is 121 Å². The normalized spacial score (nSPS) is 19.5. The zero-order valence-electron chi connectivity index (χ0n) is 24.1. The van der Waals surface area contributed by atoms with Crippen LogP contribution in [0.2, 0.25) is 0 Å². The van der Waals surface area contributed by atoms with Crippen LogP contribution in [0, 0.1) is 23.7 Å². The molecule has 1 saturated carbocycles. The Balaban J connectivity index is 1.81. The Hall–Kier alpha value is -3.94. The molecule has 2 aliphatic carbocycles. The van der Waals surface area contributed by atoms with E-state index in [1.54, 1.807) is 48.6 Å². The van der Waals surface area contributed by atoms with Crippen molar-refractivity contribution in [2.75, 3.05) is 14.2 Å². The van der Waals surface area contributed by atoms with Gasteiger partial charge in [-0.25, -0.2) is 16.8 Å². The highest BCUT2D eigenvalue weighted by Crippen LogP contribution is 2.52. The molecule has 0 aromatic heterocycles. The first kappa shape index (κ1) is 32.0. The van der Waals surface area contributed by atoms with Gasteiger partial charge in [-0.05, 0) is 61.1 Å². The van der Waals surface area contributed by atoms with Crippen LogP contribution in [0.25, 0.3) is 0 Å². The van der Waals surface area contributed by atoms with Crippen LogP contribution in [-0.4, -0.2) is 47.1 Å². The first-order chi connectivity index (χ1) is 20.4. The van der Waals surface area contributed by atoms with E-state index in [1.807, 2.05) is 0 Å². The van der Waals surface area contributed by atoms with E-state index in [0.29, 0.717) is 24.0 Å². The Bertz CT molecular complexity index is 1640. The first-order valence-electron chi connectivity index (χ1n) is 13.7. The standard InChI is InChI=1S/C33H34O8S2/c1-5-20-32(30(34)40-3,31(35)41-4)21-18-25-16-17-26-19-22-33(23-29(26)24(25)2,42(36,37)27-12-8-6-9-13-27)43(38,39)28-14-10-7-11-15-28/h1,6-15,18-19,29H,2,16-17,20-23H2,3-4H3/b25-18+. The molecule has 8 nitrogen and oxygen atoms in total. The van der Waals surface area contributed by atoms with Gasteiger partial charge < -0.3 is 9.47 Å². The molecule has 0 heterocycles. The summed E-state index contributed by atoms with van der Waals surface area (Å²) in [6, 6.07) is 15.2. The molecule has 10 heteroatoms. The number of ether oxygens (including phenoxy) is 2. The number of allylic oxidation sites excluding steroid dienone is 5. The summed E-state index contributed by atoms with van der Waals surface area (Å²) < 4.78 is 65.1. The lowest BCUT2D eigenvalue weighted by molar-refractivity contribution is -0.168. The van der Waals surface area contributed by atoms with Gasteiger partial charge in [-0.1, -0.05) is 60.7 Å². The lowest BCUT2D eigenvalue weighted by Gasteiger charge is -2.42. The largest absolute Gasteiger partial charge is 0.468 e. The third-order valence-electron chi connectivity index (χ3n) is 8.49. The summed E-state index contributed by atoms with van der Waals surface area (Å²) in [6.07, 6.45) is 9.09. The molecular formula is C33H34O8S2. The predicted octanol–water partition coefficient (Wildman–Crippen LogP) is 4.99. The molecule has 43 heavy (non-hydrogen) atoms. The Morgan fingerprint density at radius 3 is 1.93 bits per heavy atom. The number of carbonyl (C=O) groups excluding carboxylic acids is 2. The lowest BCUT2D eigenvalue weighted by atomic mass is 9.71. The maximum atomic E-state index is 14.4. The number of hydrogen-bond acceptors (Lipinski definition) is 8. The lowest BCUT2D eigenvalue weighted by Crippen LogP contribution is -2.50. The van der Waals surface area contributed by atoms with Crippen molar-refractivity contribution in [1.29, 1.82) is 0 Å². The highest BCUT2D eigenvalue weighted by Gasteiger charge is 2.58. The van der Waals surface area contributed by atoms with E-state index in [0.717, 1.165) is 19.8 Å². The number of fused-ring (bicyclic) bond motifs is 1. The second kappa shape index (κ2) is 12.3. The van der Waals surface area contributed by atoms with Crippen LogP contribution in [0.4, 0.5) is 0 Å². The monoisotopic (exact) mass is 622 g/mol. The van der Waals surface area contributed by atoms with Gasteiger partial charge in [-0.15, -0.1) is 12.3 Å². The summed E-state index contributed by atoms with van der Waals surface area (Å²) in [4.78, 5) is 25.4. The third kappa shape index (κ3) is 5.36. The van der Waals surface area contributed by atoms with Crippen molar-refractivity contribution in [2.45, 2.75) is 52.4 Å². The molecule has 2 aromatic carbocycles. The molecule has 0 aliphatic heterocycles. The van der Waals surface area contributed by atoms with E-state index in [-0.39, 0.29) is 35.5 Å². The Labute approximate surface area is 253 Å². The van der Waals surface area contributed by atoms with Crippen LogP contribution in [0.3, 0.4) is 0 Å². The van der Waals surface area contributed by atoms with E-state index in [2.05, 4.69) is 12.5 Å². The quantitative estimate of drug-likeness (QED) is 0.166. The number of sulfone groups is 2. The molecular weight excluding hydrogens is 588 g/mol. The number of esters is 2. The van der Waals surface area contributed by atoms with Crippen LogP contribution in [-0.2, 0) is 38.7 Å². The molecule has 0 saturated heterocycles. The van der Waals surface area contributed by atoms with E-state index in [1.165, 1.54) is 24.3 Å². The van der Waals surface area contributed by atoms with Gasteiger partial charge in [-0.2, -0.15) is 0 Å². The second-order valence-corrected chi connectivity index (χ2v) is 15.5. The molecule has 1 unspecified atom stereocenters. The van der Waals surface area contributed by atoms with Gasteiger partial charge in [0.25, 0.3) is 0 Å². The maximum absolute atomic E-state index is 14.4. The van der Waals surface area contributed by atoms with Crippen molar-refractivity contribution in [1.82, 2.24) is 0 Å². The summed E-state index contributed by atoms with van der Waals surface area (Å²) in [5.41, 5.74) is 0.338. The summed E-state index contributed by atoms with van der Waals surface area (Å²) in [6.45, 7) is 4.26. The van der Waals surface area contributed by atoms with Gasteiger partial charge in [0.2, 0.25) is 0 Å². The molecule has 0 amide bonds. The second-order valence-electron chi connectivity index (χ2n) is 10.7. The van der Waals surface area contributed by atoms with Crippen molar-refractivity contribution in [3.63, 3.8) is 0 Å². The van der Waals surface area contributed by atoms with Crippen molar-refractivity contribution < 1.29 is 35.9 Å². The fourth-order valence-electron chi connectivity index (χ4n) is 6.02. The van der Waals surface area contributed by atoms with Crippen molar-refractivity contribution >= 4 is 31.6 Å². The Morgan fingerprint density at radius 1 is 0.953 bits per heavy atom. The van der Waals surface area contributed by atoms with Gasteiger partial charge in [0.05, 0.1) is 24.0 Å². The highest BCUT2D eigenvalue weighted by atomic mass is 32.3. The van der Waals surface area contributed by atoms with E-state index in [4.69, 9.17) is 15.9 Å². The van der Waals surface area contributed by atoms with Crippen LogP contribution in [0.1, 0.15) is 38.5 Å². The number of rotatable bonds is 9. The van der Waals surface area contributed by atoms with Crippen molar-refractivity contribution in [2.24, 2.45) is 11.3 Å². The molecule has 4 rings (SSSR count). The minimum atomic E-state index is -4.43. The number of benzene rings is 2. The number of methoxy groups -OCH3 is 2. The fraction of sp³-hybridized carbons (Fsp3) is 0.333. The fourth-order valence-corrected chi connectivity index (χ4v) is 11.0. The van der Waals surface area contributed by atoms with Gasteiger partial charge in [-0.3, -0.25) is 9.59 Å². The van der Waals surface area contributed by atoms with Crippen LogP contribution in [0.15, 0.2) is 106 Å². The van der Waals surface area contributed by atoms with Crippen LogP contribution >= 0.6 is 0 Å². The molecule has 0 spiro atoms. The van der Waals surface area contributed by atoms with Crippen molar-refractivity contribution in [3.8, 4) is 12.3 Å². The maximum Gasteiger partial charge on any atom is 0.324 e. The summed E-state index contributed by atoms with van der Waals surface area (Å²) in [7, 11) is -6.55. The van der Waals surface area contributed by atoms with E-state index in [9.17, 15) is 26.4 Å². The Kier molecular flexibility index (Phi) is 9.19. The van der Waals surface area contributed by atoms with E-state index >= 15 is 0 Å². The highest BCUT2D eigenvalue weighted by molar-refractivity contribution is 8.10. The zero-order chi connectivity index (χ0) is 31.5. The average Bonchev–Trinajstić information content (AvgIpc) is 3.03. The molecule has 1 fully saturated rings. The molecule has 226 valence electrons. The van der Waals surface area contributed by atoms with Gasteiger partial charge in [0.1, 0.15) is 0 Å². The predicted molar refractivity (Wildman–Crippen MR) is 162 cm³/mol. The minimum Gasteiger partial charge on any atom is -0.468 e. The molecule has 0 radical (unpaired) electrons. The number of terminal acetylenes is 1.